The minimum atomic E-state index is 0.318. The molecule has 2 aliphatic heterocycles. The van der Waals surface area contributed by atoms with Gasteiger partial charge in [0.1, 0.15) is 23.6 Å². The predicted octanol–water partition coefficient (Wildman–Crippen LogP) is 2.82. The number of anilines is 1. The number of benzene rings is 1. The van der Waals surface area contributed by atoms with Crippen LogP contribution in [0.2, 0.25) is 0 Å². The monoisotopic (exact) mass is 421 g/mol. The first-order chi connectivity index (χ1) is 15.1. The highest BCUT2D eigenvalue weighted by Crippen LogP contribution is 2.35. The molecule has 0 radical (unpaired) electrons. The molecule has 2 saturated heterocycles. The highest BCUT2D eigenvalue weighted by molar-refractivity contribution is 5.98. The fourth-order valence-corrected chi connectivity index (χ4v) is 5.08. The van der Waals surface area contributed by atoms with Crippen LogP contribution in [-0.4, -0.2) is 75.9 Å². The summed E-state index contributed by atoms with van der Waals surface area (Å²) in [5.74, 6) is 1.26. The molecular weight excluding hydrogens is 390 g/mol. The van der Waals surface area contributed by atoms with Gasteiger partial charge in [-0.05, 0) is 58.0 Å². The van der Waals surface area contributed by atoms with Gasteiger partial charge < -0.3 is 20.3 Å². The third-order valence-corrected chi connectivity index (χ3v) is 6.91. The third kappa shape index (κ3) is 3.85. The van der Waals surface area contributed by atoms with E-state index in [0.29, 0.717) is 11.9 Å². The maximum Gasteiger partial charge on any atom is 0.164 e. The van der Waals surface area contributed by atoms with Gasteiger partial charge in [-0.3, -0.25) is 0 Å². The minimum Gasteiger partial charge on any atom is -0.497 e. The molecule has 8 nitrogen and oxygen atoms in total. The number of fused-ring (bicyclic) bond motifs is 1. The molecule has 0 atom stereocenters. The molecular formula is C23H31N7O. The standard InChI is InChI=1S/C23H31N7O/c1-28-10-6-17(7-11-28)29-12-8-18(9-13-29)30-23-20(22(24)25-15-26-23)21(27-30)16-4-3-5-19(14-16)31-2/h3-5,14-15,17-18H,6-13H2,1-2H3,(H2,24,25,26). The van der Waals surface area contributed by atoms with Crippen LogP contribution in [0.1, 0.15) is 31.7 Å². The number of methoxy groups -OCH3 is 1. The van der Waals surface area contributed by atoms with Gasteiger partial charge >= 0.3 is 0 Å². The first-order valence-corrected chi connectivity index (χ1v) is 11.2. The molecule has 2 N–H and O–H groups in total. The van der Waals surface area contributed by atoms with Crippen molar-refractivity contribution in [3.05, 3.63) is 30.6 Å². The number of likely N-dealkylation sites (tertiary alicyclic amines) is 2. The zero-order valence-electron chi connectivity index (χ0n) is 18.4. The predicted molar refractivity (Wildman–Crippen MR) is 122 cm³/mol. The number of ether oxygens (including phenoxy) is 1. The van der Waals surface area contributed by atoms with Crippen LogP contribution in [-0.2, 0) is 0 Å². The van der Waals surface area contributed by atoms with Crippen molar-refractivity contribution < 1.29 is 4.74 Å². The maximum atomic E-state index is 6.29. The van der Waals surface area contributed by atoms with Gasteiger partial charge in [-0.15, -0.1) is 0 Å². The summed E-state index contributed by atoms with van der Waals surface area (Å²) in [6, 6.07) is 8.96. The Labute approximate surface area is 183 Å². The molecule has 3 aromatic rings. The summed E-state index contributed by atoms with van der Waals surface area (Å²) in [4.78, 5) is 13.9. The van der Waals surface area contributed by atoms with Crippen molar-refractivity contribution in [1.29, 1.82) is 0 Å². The molecule has 2 aromatic heterocycles. The lowest BCUT2D eigenvalue weighted by atomic mass is 9.98. The van der Waals surface area contributed by atoms with E-state index in [-0.39, 0.29) is 0 Å². The van der Waals surface area contributed by atoms with Crippen LogP contribution in [0.5, 0.6) is 5.75 Å². The number of piperidine rings is 2. The number of rotatable bonds is 4. The van der Waals surface area contributed by atoms with Gasteiger partial charge in [0.15, 0.2) is 5.65 Å². The Hall–Kier alpha value is -2.71. The van der Waals surface area contributed by atoms with E-state index in [9.17, 15) is 0 Å². The second-order valence-corrected chi connectivity index (χ2v) is 8.78. The first-order valence-electron chi connectivity index (χ1n) is 11.2. The fourth-order valence-electron chi connectivity index (χ4n) is 5.08. The second-order valence-electron chi connectivity index (χ2n) is 8.78. The van der Waals surface area contributed by atoms with Crippen molar-refractivity contribution in [3.63, 3.8) is 0 Å². The summed E-state index contributed by atoms with van der Waals surface area (Å²) in [5.41, 5.74) is 8.90. The summed E-state index contributed by atoms with van der Waals surface area (Å²) < 4.78 is 7.50. The van der Waals surface area contributed by atoms with Crippen molar-refractivity contribution in [2.45, 2.75) is 37.8 Å². The highest BCUT2D eigenvalue weighted by atomic mass is 16.5. The van der Waals surface area contributed by atoms with Gasteiger partial charge in [0.05, 0.1) is 18.5 Å². The van der Waals surface area contributed by atoms with Crippen molar-refractivity contribution in [2.24, 2.45) is 0 Å². The molecule has 8 heteroatoms. The molecule has 0 aliphatic carbocycles. The van der Waals surface area contributed by atoms with E-state index < -0.39 is 0 Å². The molecule has 2 aliphatic rings. The van der Waals surface area contributed by atoms with Crippen molar-refractivity contribution in [2.75, 3.05) is 46.1 Å². The average Bonchev–Trinajstić information content (AvgIpc) is 3.21. The average molecular weight is 422 g/mol. The number of nitrogens with zero attached hydrogens (tertiary/aromatic N) is 6. The third-order valence-electron chi connectivity index (χ3n) is 6.91. The van der Waals surface area contributed by atoms with E-state index in [1.54, 1.807) is 13.4 Å². The quantitative estimate of drug-likeness (QED) is 0.693. The summed E-state index contributed by atoms with van der Waals surface area (Å²) in [7, 11) is 3.89. The number of nitrogens with two attached hydrogens (primary N) is 1. The Kier molecular flexibility index (Phi) is 5.50. The number of hydrogen-bond donors (Lipinski definition) is 1. The normalized spacial score (nSPS) is 19.8. The Balaban J connectivity index is 1.43. The van der Waals surface area contributed by atoms with Crippen LogP contribution in [0.4, 0.5) is 5.82 Å². The highest BCUT2D eigenvalue weighted by Gasteiger charge is 2.30. The summed E-state index contributed by atoms with van der Waals surface area (Å²) in [6.45, 7) is 4.62. The van der Waals surface area contributed by atoms with Gasteiger partial charge in [0.25, 0.3) is 0 Å². The van der Waals surface area contributed by atoms with Gasteiger partial charge in [-0.2, -0.15) is 5.10 Å². The summed E-state index contributed by atoms with van der Waals surface area (Å²) in [6.07, 6.45) is 6.24. The number of nitrogen functional groups attached to an aromatic ring is 1. The number of aromatic nitrogens is 4. The van der Waals surface area contributed by atoms with Crippen LogP contribution in [0.3, 0.4) is 0 Å². The fraction of sp³-hybridized carbons (Fsp3) is 0.522. The molecule has 0 saturated carbocycles. The molecule has 5 rings (SSSR count). The second kappa shape index (κ2) is 8.43. The van der Waals surface area contributed by atoms with E-state index in [4.69, 9.17) is 15.6 Å². The maximum absolute atomic E-state index is 6.29. The van der Waals surface area contributed by atoms with Crippen molar-refractivity contribution in [3.8, 4) is 17.0 Å². The lowest BCUT2D eigenvalue weighted by molar-refractivity contribution is 0.0859. The van der Waals surface area contributed by atoms with Gasteiger partial charge in [0.2, 0.25) is 0 Å². The Morgan fingerprint density at radius 1 is 1.00 bits per heavy atom. The van der Waals surface area contributed by atoms with Crippen molar-refractivity contribution in [1.82, 2.24) is 29.5 Å². The van der Waals surface area contributed by atoms with E-state index >= 15 is 0 Å². The van der Waals surface area contributed by atoms with Crippen LogP contribution < -0.4 is 10.5 Å². The zero-order chi connectivity index (χ0) is 21.4. The van der Waals surface area contributed by atoms with Crippen molar-refractivity contribution >= 4 is 16.9 Å². The largest absolute Gasteiger partial charge is 0.497 e. The van der Waals surface area contributed by atoms with Gasteiger partial charge in [-0.1, -0.05) is 12.1 Å². The zero-order valence-corrected chi connectivity index (χ0v) is 18.4. The lowest BCUT2D eigenvalue weighted by Crippen LogP contribution is -2.47. The lowest BCUT2D eigenvalue weighted by Gasteiger charge is -2.41. The van der Waals surface area contributed by atoms with Crippen LogP contribution >= 0.6 is 0 Å². The Bertz CT molecular complexity index is 1050. The van der Waals surface area contributed by atoms with Crippen LogP contribution in [0, 0.1) is 0 Å². The van der Waals surface area contributed by atoms with Crippen LogP contribution in [0.15, 0.2) is 30.6 Å². The minimum absolute atomic E-state index is 0.318. The SMILES string of the molecule is COc1cccc(-c2nn(C3CCN(C4CCN(C)CC4)CC3)c3ncnc(N)c23)c1. The smallest absolute Gasteiger partial charge is 0.164 e. The van der Waals surface area contributed by atoms with E-state index in [1.165, 1.54) is 25.9 Å². The molecule has 31 heavy (non-hydrogen) atoms. The van der Waals surface area contributed by atoms with Gasteiger partial charge in [-0.25, -0.2) is 14.6 Å². The van der Waals surface area contributed by atoms with E-state index in [2.05, 4.69) is 31.5 Å². The topological polar surface area (TPSA) is 85.3 Å². The molecule has 0 unspecified atom stereocenters. The van der Waals surface area contributed by atoms with Gasteiger partial charge in [0, 0.05) is 24.7 Å². The van der Waals surface area contributed by atoms with Crippen LogP contribution in [0.25, 0.3) is 22.3 Å². The molecule has 1 aromatic carbocycles. The molecule has 2 fully saturated rings. The molecule has 0 spiro atoms. The Morgan fingerprint density at radius 2 is 1.74 bits per heavy atom. The molecule has 0 bridgehead atoms. The molecule has 164 valence electrons. The number of hydrogen-bond acceptors (Lipinski definition) is 7. The van der Waals surface area contributed by atoms with E-state index in [1.807, 2.05) is 24.3 Å². The molecule has 0 amide bonds. The summed E-state index contributed by atoms with van der Waals surface area (Å²) >= 11 is 0. The van der Waals surface area contributed by atoms with E-state index in [0.717, 1.165) is 60.0 Å². The summed E-state index contributed by atoms with van der Waals surface area (Å²) in [5, 5.41) is 5.85. The Morgan fingerprint density at radius 3 is 2.48 bits per heavy atom. The first kappa shape index (κ1) is 20.2. The molecule has 4 heterocycles.